The van der Waals surface area contributed by atoms with E-state index in [2.05, 4.69) is 47.4 Å². The lowest BCUT2D eigenvalue weighted by atomic mass is 10.0. The predicted octanol–water partition coefficient (Wildman–Crippen LogP) is 8.13. The van der Waals surface area contributed by atoms with E-state index in [9.17, 15) is 9.90 Å². The molecule has 0 unspecified atom stereocenters. The molecule has 1 aliphatic heterocycles. The van der Waals surface area contributed by atoms with Gasteiger partial charge in [-0.3, -0.25) is 4.99 Å². The number of halogens is 2. The molecule has 0 radical (unpaired) electrons. The summed E-state index contributed by atoms with van der Waals surface area (Å²) in [6.45, 7) is 2.13. The molecule has 0 spiro atoms. The number of aromatic carboxylic acids is 1. The number of hydrogen-bond acceptors (Lipinski definition) is 4. The van der Waals surface area contributed by atoms with Gasteiger partial charge in [0.2, 0.25) is 0 Å². The molecular weight excluding hydrogens is 535 g/mol. The first-order valence-corrected chi connectivity index (χ1v) is 13.2. The van der Waals surface area contributed by atoms with Crippen LogP contribution in [0, 0.1) is 0 Å². The van der Waals surface area contributed by atoms with E-state index in [-0.39, 0.29) is 12.4 Å². The number of benzodiazepines with no additional fused rings is 1. The molecule has 1 N–H and O–H groups in total. The van der Waals surface area contributed by atoms with Crippen LogP contribution in [0.3, 0.4) is 0 Å². The van der Waals surface area contributed by atoms with Crippen LogP contribution in [-0.4, -0.2) is 29.9 Å². The summed E-state index contributed by atoms with van der Waals surface area (Å²) in [6.07, 6.45) is 4.24. The molecule has 1 heterocycles. The number of hydrogen-bond donors (Lipinski definition) is 1. The van der Waals surface area contributed by atoms with Gasteiger partial charge in [0.1, 0.15) is 0 Å². The summed E-state index contributed by atoms with van der Waals surface area (Å²) in [6, 6.07) is 31.6. The second-order valence-electron chi connectivity index (χ2n) is 8.63. The van der Waals surface area contributed by atoms with Crippen molar-refractivity contribution in [1.29, 1.82) is 0 Å². The lowest BCUT2D eigenvalue weighted by Gasteiger charge is -2.25. The number of carbonyl (C=O) groups is 1. The molecule has 0 atom stereocenters. The van der Waals surface area contributed by atoms with E-state index in [4.69, 9.17) is 16.6 Å². The van der Waals surface area contributed by atoms with E-state index < -0.39 is 5.97 Å². The number of carboxylic acid groups (broad SMARTS) is 1. The van der Waals surface area contributed by atoms with Crippen LogP contribution < -0.4 is 4.90 Å². The Balaban J connectivity index is 0.00000336. The van der Waals surface area contributed by atoms with Crippen molar-refractivity contribution in [3.05, 3.63) is 130 Å². The standard InChI is InChI=1S/C31H25ClN2O2S.ClH/c32-25-14-16-26(17-15-25)37-30-8-4-1-5-23(30)13-18-28-27-6-2-3-7-29(27)34(20-19-33-28)21-22-9-11-24(12-10-22)31(35)36;/h1-18H,19-21H2,(H,35,36);1H. The molecule has 1 aliphatic rings. The monoisotopic (exact) mass is 560 g/mol. The number of aliphatic imine (C=N–C) groups is 1. The van der Waals surface area contributed by atoms with E-state index in [1.165, 1.54) is 0 Å². The molecule has 0 saturated carbocycles. The molecule has 0 bridgehead atoms. The zero-order chi connectivity index (χ0) is 25.6. The van der Waals surface area contributed by atoms with Gasteiger partial charge in [-0.05, 0) is 65.7 Å². The smallest absolute Gasteiger partial charge is 0.335 e. The molecule has 0 fully saturated rings. The lowest BCUT2D eigenvalue weighted by Crippen LogP contribution is -2.25. The Morgan fingerprint density at radius 2 is 1.63 bits per heavy atom. The largest absolute Gasteiger partial charge is 0.478 e. The summed E-state index contributed by atoms with van der Waals surface area (Å²) in [5.41, 5.74) is 5.64. The highest BCUT2D eigenvalue weighted by atomic mass is 35.5. The summed E-state index contributed by atoms with van der Waals surface area (Å²) in [4.78, 5) is 20.7. The zero-order valence-electron chi connectivity index (χ0n) is 20.5. The number of nitrogens with zero attached hydrogens (tertiary/aromatic N) is 2. The number of carboxylic acids is 1. The Kier molecular flexibility index (Phi) is 9.29. The molecule has 7 heteroatoms. The Labute approximate surface area is 238 Å². The van der Waals surface area contributed by atoms with Gasteiger partial charge in [-0.2, -0.15) is 0 Å². The number of allylic oxidation sites excluding steroid dienone is 1. The van der Waals surface area contributed by atoms with Crippen LogP contribution in [0.5, 0.6) is 0 Å². The Bertz CT molecular complexity index is 1470. The van der Waals surface area contributed by atoms with E-state index >= 15 is 0 Å². The number of fused-ring (bicyclic) bond motifs is 1. The van der Waals surface area contributed by atoms with Gasteiger partial charge in [0.05, 0.1) is 17.8 Å². The minimum atomic E-state index is -0.912. The summed E-state index contributed by atoms with van der Waals surface area (Å²) in [7, 11) is 0. The van der Waals surface area contributed by atoms with Crippen LogP contribution in [0.2, 0.25) is 5.02 Å². The van der Waals surface area contributed by atoms with Crippen LogP contribution >= 0.6 is 35.8 Å². The highest BCUT2D eigenvalue weighted by Gasteiger charge is 2.17. The fraction of sp³-hybridized carbons (Fsp3) is 0.0968. The zero-order valence-corrected chi connectivity index (χ0v) is 22.8. The third-order valence-corrected chi connectivity index (χ3v) is 7.48. The maximum atomic E-state index is 11.2. The molecule has 0 saturated heterocycles. The fourth-order valence-corrected chi connectivity index (χ4v) is 5.30. The van der Waals surface area contributed by atoms with Crippen molar-refractivity contribution >= 4 is 59.2 Å². The van der Waals surface area contributed by atoms with Gasteiger partial charge in [0.25, 0.3) is 0 Å². The van der Waals surface area contributed by atoms with Gasteiger partial charge < -0.3 is 10.0 Å². The fourth-order valence-electron chi connectivity index (χ4n) is 4.25. The maximum absolute atomic E-state index is 11.2. The van der Waals surface area contributed by atoms with Gasteiger partial charge in [0, 0.05) is 39.2 Å². The molecule has 0 aromatic heterocycles. The maximum Gasteiger partial charge on any atom is 0.335 e. The van der Waals surface area contributed by atoms with Crippen molar-refractivity contribution in [2.45, 2.75) is 16.3 Å². The van der Waals surface area contributed by atoms with Gasteiger partial charge >= 0.3 is 5.97 Å². The molecule has 4 nitrogen and oxygen atoms in total. The molecule has 4 aromatic rings. The summed E-state index contributed by atoms with van der Waals surface area (Å²) in [5.74, 6) is -0.912. The highest BCUT2D eigenvalue weighted by Crippen LogP contribution is 2.32. The van der Waals surface area contributed by atoms with E-state index in [0.29, 0.717) is 18.7 Å². The SMILES string of the molecule is Cl.O=C(O)c1ccc(CN2CCN=C(C=Cc3ccccc3Sc3ccc(Cl)cc3)c3ccccc32)cc1. The van der Waals surface area contributed by atoms with Crippen LogP contribution in [0.15, 0.2) is 118 Å². The van der Waals surface area contributed by atoms with Crippen molar-refractivity contribution in [1.82, 2.24) is 0 Å². The van der Waals surface area contributed by atoms with Crippen molar-refractivity contribution in [2.75, 3.05) is 18.0 Å². The molecule has 192 valence electrons. The number of para-hydroxylation sites is 1. The first-order valence-electron chi connectivity index (χ1n) is 12.0. The van der Waals surface area contributed by atoms with Crippen LogP contribution in [0.4, 0.5) is 5.69 Å². The second-order valence-corrected chi connectivity index (χ2v) is 10.2. The molecular formula is C31H26Cl2N2O2S. The normalized spacial score (nSPS) is 12.9. The van der Waals surface area contributed by atoms with E-state index in [0.717, 1.165) is 49.4 Å². The summed E-state index contributed by atoms with van der Waals surface area (Å²) in [5, 5.41) is 9.92. The van der Waals surface area contributed by atoms with Crippen LogP contribution in [0.25, 0.3) is 6.08 Å². The Morgan fingerprint density at radius 3 is 2.39 bits per heavy atom. The highest BCUT2D eigenvalue weighted by molar-refractivity contribution is 7.99. The van der Waals surface area contributed by atoms with Crippen molar-refractivity contribution in [2.24, 2.45) is 4.99 Å². The van der Waals surface area contributed by atoms with Crippen LogP contribution in [0.1, 0.15) is 27.0 Å². The van der Waals surface area contributed by atoms with E-state index in [1.807, 2.05) is 54.6 Å². The van der Waals surface area contributed by atoms with Gasteiger partial charge in [-0.1, -0.05) is 78.0 Å². The second kappa shape index (κ2) is 12.8. The van der Waals surface area contributed by atoms with E-state index in [1.54, 1.807) is 23.9 Å². The molecule has 0 amide bonds. The topological polar surface area (TPSA) is 52.9 Å². The third-order valence-electron chi connectivity index (χ3n) is 6.13. The average molecular weight is 562 g/mol. The quantitative estimate of drug-likeness (QED) is 0.248. The predicted molar refractivity (Wildman–Crippen MR) is 161 cm³/mol. The average Bonchev–Trinajstić information content (AvgIpc) is 3.09. The van der Waals surface area contributed by atoms with Crippen molar-refractivity contribution < 1.29 is 9.90 Å². The minimum absolute atomic E-state index is 0. The van der Waals surface area contributed by atoms with Crippen LogP contribution in [-0.2, 0) is 6.54 Å². The number of rotatable bonds is 7. The molecule has 5 rings (SSSR count). The number of benzene rings is 4. The Morgan fingerprint density at radius 1 is 0.921 bits per heavy atom. The number of anilines is 1. The first-order chi connectivity index (χ1) is 18.1. The van der Waals surface area contributed by atoms with Crippen molar-refractivity contribution in [3.63, 3.8) is 0 Å². The minimum Gasteiger partial charge on any atom is -0.478 e. The Hall–Kier alpha value is -3.51. The molecule has 0 aliphatic carbocycles. The van der Waals surface area contributed by atoms with Gasteiger partial charge in [-0.15, -0.1) is 12.4 Å². The summed E-state index contributed by atoms with van der Waals surface area (Å²) < 4.78 is 0. The molecule has 4 aromatic carbocycles. The van der Waals surface area contributed by atoms with Crippen molar-refractivity contribution in [3.8, 4) is 0 Å². The van der Waals surface area contributed by atoms with Gasteiger partial charge in [0.15, 0.2) is 0 Å². The summed E-state index contributed by atoms with van der Waals surface area (Å²) >= 11 is 7.76. The third kappa shape index (κ3) is 6.67. The lowest BCUT2D eigenvalue weighted by molar-refractivity contribution is 0.0697. The van der Waals surface area contributed by atoms with Gasteiger partial charge in [-0.25, -0.2) is 4.79 Å². The molecule has 38 heavy (non-hydrogen) atoms. The first kappa shape index (κ1) is 27.5.